The van der Waals surface area contributed by atoms with Gasteiger partial charge in [-0.15, -0.1) is 5.10 Å². The van der Waals surface area contributed by atoms with Gasteiger partial charge in [-0.1, -0.05) is 35.5 Å². The van der Waals surface area contributed by atoms with Gasteiger partial charge >= 0.3 is 7.12 Å². The molecule has 10 heteroatoms. The van der Waals surface area contributed by atoms with Gasteiger partial charge in [-0.25, -0.2) is 13.1 Å². The molecule has 2 aromatic rings. The molecular weight excluding hydrogens is 295 g/mol. The van der Waals surface area contributed by atoms with E-state index < -0.39 is 17.1 Å². The van der Waals surface area contributed by atoms with Crippen molar-refractivity contribution in [2.45, 2.75) is 18.7 Å². The van der Waals surface area contributed by atoms with Crippen molar-refractivity contribution in [3.63, 3.8) is 0 Å². The number of nitrogens with one attached hydrogen (secondary N) is 1. The highest BCUT2D eigenvalue weighted by Gasteiger charge is 2.13. The van der Waals surface area contributed by atoms with Crippen LogP contribution in [-0.4, -0.2) is 40.6 Å². The van der Waals surface area contributed by atoms with E-state index in [0.717, 1.165) is 0 Å². The highest BCUT2D eigenvalue weighted by molar-refractivity contribution is 7.88. The molecule has 0 radical (unpaired) electrons. The predicted octanol–water partition coefficient (Wildman–Crippen LogP) is -1.09. The lowest BCUT2D eigenvalue weighted by molar-refractivity contribution is 0.386. The number of nitrogens with zero attached hydrogens (tertiary/aromatic N) is 3. The van der Waals surface area contributed by atoms with E-state index in [-0.39, 0.29) is 18.7 Å². The van der Waals surface area contributed by atoms with E-state index in [4.69, 9.17) is 10.0 Å². The summed E-state index contributed by atoms with van der Waals surface area (Å²) in [5.41, 5.74) is 1.09. The van der Waals surface area contributed by atoms with Crippen LogP contribution in [0.3, 0.4) is 0 Å². The number of benzene rings is 1. The van der Waals surface area contributed by atoms with Gasteiger partial charge in [0, 0.05) is 6.20 Å². The van der Waals surface area contributed by atoms with Crippen molar-refractivity contribution in [2.24, 2.45) is 0 Å². The van der Waals surface area contributed by atoms with Crippen molar-refractivity contribution in [3.05, 3.63) is 47.8 Å². The van der Waals surface area contributed by atoms with Gasteiger partial charge in [-0.2, -0.15) is 0 Å². The van der Waals surface area contributed by atoms with Gasteiger partial charge in [-0.05, 0) is 5.56 Å². The molecular formula is C11H15BN4O4S. The Morgan fingerprint density at radius 1 is 1.24 bits per heavy atom. The van der Waals surface area contributed by atoms with E-state index in [1.807, 2.05) is 6.07 Å². The Balaban J connectivity index is 1.91. The molecule has 0 aliphatic carbocycles. The first-order valence-corrected chi connectivity index (χ1v) is 7.86. The van der Waals surface area contributed by atoms with E-state index in [0.29, 0.717) is 11.3 Å². The molecule has 0 aliphatic heterocycles. The Hall–Kier alpha value is -1.75. The molecule has 0 saturated heterocycles. The molecule has 1 heterocycles. The van der Waals surface area contributed by atoms with E-state index in [1.165, 1.54) is 10.9 Å². The summed E-state index contributed by atoms with van der Waals surface area (Å²) >= 11 is 0. The summed E-state index contributed by atoms with van der Waals surface area (Å²) in [7, 11) is -5.01. The van der Waals surface area contributed by atoms with Crippen molar-refractivity contribution in [3.8, 4) is 0 Å². The second-order valence-electron chi connectivity index (χ2n) is 4.48. The molecule has 0 unspecified atom stereocenters. The number of hydrogen-bond donors (Lipinski definition) is 3. The number of sulfonamides is 1. The molecule has 2 rings (SSSR count). The maximum Gasteiger partial charge on any atom is 0.474 e. The van der Waals surface area contributed by atoms with Crippen molar-refractivity contribution in [1.29, 1.82) is 0 Å². The Kier molecular flexibility index (Phi) is 5.07. The topological polar surface area (TPSA) is 117 Å². The SMILES string of the molecule is O=S(=O)(Cc1ccccc1)NCc1cn(CB(O)O)nn1. The zero-order valence-electron chi connectivity index (χ0n) is 11.1. The molecule has 0 amide bonds. The predicted molar refractivity (Wildman–Crippen MR) is 76.1 cm³/mol. The molecule has 0 atom stereocenters. The fourth-order valence-corrected chi connectivity index (χ4v) is 2.81. The zero-order chi connectivity index (χ0) is 15.3. The van der Waals surface area contributed by atoms with Gasteiger partial charge in [0.05, 0.1) is 24.4 Å². The summed E-state index contributed by atoms with van der Waals surface area (Å²) < 4.78 is 27.5. The third kappa shape index (κ3) is 5.27. The first-order valence-electron chi connectivity index (χ1n) is 6.21. The van der Waals surface area contributed by atoms with E-state index in [1.54, 1.807) is 24.3 Å². The van der Waals surface area contributed by atoms with Crippen LogP contribution in [0.1, 0.15) is 11.3 Å². The van der Waals surface area contributed by atoms with Crippen LogP contribution >= 0.6 is 0 Å². The number of hydrogen-bond acceptors (Lipinski definition) is 6. The van der Waals surface area contributed by atoms with Crippen molar-refractivity contribution in [1.82, 2.24) is 19.7 Å². The maximum absolute atomic E-state index is 11.9. The van der Waals surface area contributed by atoms with Crippen LogP contribution in [-0.2, 0) is 28.8 Å². The van der Waals surface area contributed by atoms with Gasteiger partial charge in [0.2, 0.25) is 10.0 Å². The second kappa shape index (κ2) is 6.81. The minimum Gasteiger partial charge on any atom is -0.426 e. The standard InChI is InChI=1S/C11H15BN4O4S/c17-12(18)9-16-7-11(14-15-16)6-13-21(19,20)8-10-4-2-1-3-5-10/h1-5,7,13,17-18H,6,8-9H2. The zero-order valence-corrected chi connectivity index (χ0v) is 11.9. The maximum atomic E-state index is 11.9. The van der Waals surface area contributed by atoms with Gasteiger partial charge < -0.3 is 10.0 Å². The van der Waals surface area contributed by atoms with Crippen LogP contribution in [0.5, 0.6) is 0 Å². The highest BCUT2D eigenvalue weighted by atomic mass is 32.2. The molecule has 112 valence electrons. The summed E-state index contributed by atoms with van der Waals surface area (Å²) in [5, 5.41) is 25.0. The lowest BCUT2D eigenvalue weighted by atomic mass is 9.93. The van der Waals surface area contributed by atoms with Crippen LogP contribution in [0.4, 0.5) is 0 Å². The monoisotopic (exact) mass is 310 g/mol. The number of rotatable bonds is 7. The Morgan fingerprint density at radius 3 is 2.62 bits per heavy atom. The molecule has 21 heavy (non-hydrogen) atoms. The minimum atomic E-state index is -3.47. The van der Waals surface area contributed by atoms with Gasteiger partial charge in [-0.3, -0.25) is 4.68 Å². The normalized spacial score (nSPS) is 11.5. The average Bonchev–Trinajstić information content (AvgIpc) is 2.84. The molecule has 0 saturated carbocycles. The fraction of sp³-hybridized carbons (Fsp3) is 0.273. The van der Waals surface area contributed by atoms with E-state index in [2.05, 4.69) is 15.0 Å². The Bertz CT molecular complexity index is 675. The molecule has 0 bridgehead atoms. The highest BCUT2D eigenvalue weighted by Crippen LogP contribution is 2.04. The lowest BCUT2D eigenvalue weighted by Gasteiger charge is -2.05. The summed E-state index contributed by atoms with van der Waals surface area (Å²) in [5.74, 6) is -0.114. The summed E-state index contributed by atoms with van der Waals surface area (Å²) in [4.78, 5) is 0. The van der Waals surface area contributed by atoms with E-state index in [9.17, 15) is 8.42 Å². The summed E-state index contributed by atoms with van der Waals surface area (Å²) in [6, 6.07) is 8.83. The van der Waals surface area contributed by atoms with Crippen LogP contribution in [0, 0.1) is 0 Å². The summed E-state index contributed by atoms with van der Waals surface area (Å²) in [6.07, 6.45) is 1.33. The van der Waals surface area contributed by atoms with Crippen molar-refractivity contribution in [2.75, 3.05) is 0 Å². The first kappa shape index (κ1) is 15.6. The Morgan fingerprint density at radius 2 is 1.95 bits per heavy atom. The smallest absolute Gasteiger partial charge is 0.426 e. The molecule has 0 spiro atoms. The van der Waals surface area contributed by atoms with Gasteiger partial charge in [0.25, 0.3) is 0 Å². The second-order valence-corrected chi connectivity index (χ2v) is 6.29. The van der Waals surface area contributed by atoms with Crippen molar-refractivity contribution < 1.29 is 18.5 Å². The quantitative estimate of drug-likeness (QED) is 0.559. The molecule has 1 aromatic carbocycles. The van der Waals surface area contributed by atoms with Crippen LogP contribution in [0.15, 0.2) is 36.5 Å². The average molecular weight is 310 g/mol. The van der Waals surface area contributed by atoms with Crippen molar-refractivity contribution >= 4 is 17.1 Å². The number of aromatic nitrogens is 3. The fourth-order valence-electron chi connectivity index (χ4n) is 1.70. The van der Waals surface area contributed by atoms with Crippen LogP contribution in [0.2, 0.25) is 0 Å². The van der Waals surface area contributed by atoms with Crippen LogP contribution in [0.25, 0.3) is 0 Å². The largest absolute Gasteiger partial charge is 0.474 e. The first-order chi connectivity index (χ1) is 9.94. The minimum absolute atomic E-state index is 0.00328. The summed E-state index contributed by atoms with van der Waals surface area (Å²) in [6.45, 7) is -0.00328. The van der Waals surface area contributed by atoms with Crippen LogP contribution < -0.4 is 4.72 Å². The van der Waals surface area contributed by atoms with E-state index >= 15 is 0 Å². The molecule has 3 N–H and O–H groups in total. The Labute approximate surface area is 122 Å². The molecule has 0 fully saturated rings. The van der Waals surface area contributed by atoms with Gasteiger partial charge in [0.15, 0.2) is 0 Å². The lowest BCUT2D eigenvalue weighted by Crippen LogP contribution is -2.25. The molecule has 0 aliphatic rings. The molecule has 1 aromatic heterocycles. The molecule has 8 nitrogen and oxygen atoms in total. The van der Waals surface area contributed by atoms with Gasteiger partial charge in [0.1, 0.15) is 0 Å². The third-order valence-corrected chi connectivity index (χ3v) is 3.91. The third-order valence-electron chi connectivity index (χ3n) is 2.61.